The molecule has 0 aliphatic heterocycles. The Balaban J connectivity index is 1.83. The van der Waals surface area contributed by atoms with Crippen LogP contribution < -0.4 is 10.9 Å². The molecule has 0 bridgehead atoms. The zero-order valence-electron chi connectivity index (χ0n) is 11.8. The summed E-state index contributed by atoms with van der Waals surface area (Å²) in [4.78, 5) is 24.3. The van der Waals surface area contributed by atoms with Gasteiger partial charge in [0.2, 0.25) is 5.91 Å². The molecule has 0 saturated heterocycles. The first-order chi connectivity index (χ1) is 11.0. The van der Waals surface area contributed by atoms with Crippen molar-refractivity contribution in [2.24, 2.45) is 0 Å². The van der Waals surface area contributed by atoms with Gasteiger partial charge in [-0.1, -0.05) is 34.1 Å². The van der Waals surface area contributed by atoms with Crippen LogP contribution in [0, 0.1) is 5.82 Å². The molecule has 23 heavy (non-hydrogen) atoms. The number of hydrogen-bond acceptors (Lipinski definition) is 3. The van der Waals surface area contributed by atoms with E-state index in [1.165, 1.54) is 18.3 Å². The summed E-state index contributed by atoms with van der Waals surface area (Å²) in [6.07, 6.45) is 1.52. The van der Waals surface area contributed by atoms with Gasteiger partial charge in [-0.05, 0) is 24.3 Å². The highest BCUT2D eigenvalue weighted by Crippen LogP contribution is 2.19. The van der Waals surface area contributed by atoms with E-state index in [2.05, 4.69) is 26.3 Å². The van der Waals surface area contributed by atoms with Crippen molar-refractivity contribution in [3.63, 3.8) is 0 Å². The number of fused-ring (bicyclic) bond motifs is 1. The van der Waals surface area contributed by atoms with Crippen LogP contribution in [-0.2, 0) is 11.3 Å². The van der Waals surface area contributed by atoms with Crippen molar-refractivity contribution in [3.05, 3.63) is 69.3 Å². The molecule has 0 unspecified atom stereocenters. The molecular formula is C16H11BrFN3O2. The number of amides is 1. The van der Waals surface area contributed by atoms with E-state index in [0.717, 1.165) is 4.68 Å². The first-order valence-corrected chi connectivity index (χ1v) is 7.53. The van der Waals surface area contributed by atoms with E-state index in [4.69, 9.17) is 0 Å². The summed E-state index contributed by atoms with van der Waals surface area (Å²) in [5.41, 5.74) is -0.318. The largest absolute Gasteiger partial charge is 0.322 e. The summed E-state index contributed by atoms with van der Waals surface area (Å²) in [7, 11) is 0. The fourth-order valence-corrected chi connectivity index (χ4v) is 2.49. The van der Waals surface area contributed by atoms with Gasteiger partial charge in [0.25, 0.3) is 5.56 Å². The third kappa shape index (κ3) is 3.29. The van der Waals surface area contributed by atoms with Gasteiger partial charge in [-0.2, -0.15) is 5.10 Å². The Morgan fingerprint density at radius 2 is 2.04 bits per heavy atom. The predicted octanol–water partition coefficient (Wildman–Crippen LogP) is 2.94. The van der Waals surface area contributed by atoms with Crippen molar-refractivity contribution in [1.29, 1.82) is 0 Å². The van der Waals surface area contributed by atoms with Gasteiger partial charge in [0.05, 0.1) is 17.3 Å². The normalized spacial score (nSPS) is 10.7. The van der Waals surface area contributed by atoms with Crippen LogP contribution in [-0.4, -0.2) is 15.7 Å². The number of halogens is 2. The van der Waals surface area contributed by atoms with Crippen molar-refractivity contribution < 1.29 is 9.18 Å². The lowest BCUT2D eigenvalue weighted by atomic mass is 10.2. The minimum absolute atomic E-state index is 0.0482. The molecular weight excluding hydrogens is 365 g/mol. The molecule has 0 spiro atoms. The average molecular weight is 376 g/mol. The monoisotopic (exact) mass is 375 g/mol. The average Bonchev–Trinajstić information content (AvgIpc) is 2.53. The minimum atomic E-state index is -0.563. The first kappa shape index (κ1) is 15.4. The van der Waals surface area contributed by atoms with E-state index < -0.39 is 11.7 Å². The van der Waals surface area contributed by atoms with E-state index in [0.29, 0.717) is 15.2 Å². The number of nitrogens with zero attached hydrogens (tertiary/aromatic N) is 2. The molecule has 2 aromatic carbocycles. The molecule has 0 fully saturated rings. The van der Waals surface area contributed by atoms with Crippen molar-refractivity contribution >= 4 is 38.3 Å². The smallest absolute Gasteiger partial charge is 0.275 e. The summed E-state index contributed by atoms with van der Waals surface area (Å²) in [5, 5.41) is 7.57. The van der Waals surface area contributed by atoms with Gasteiger partial charge < -0.3 is 5.32 Å². The van der Waals surface area contributed by atoms with Crippen molar-refractivity contribution in [2.75, 3.05) is 5.32 Å². The molecule has 5 nitrogen and oxygen atoms in total. The maximum absolute atomic E-state index is 13.7. The number of aromatic nitrogens is 2. The number of rotatable bonds is 3. The maximum atomic E-state index is 13.7. The molecule has 1 aromatic heterocycles. The molecule has 0 aliphatic rings. The van der Waals surface area contributed by atoms with Crippen LogP contribution >= 0.6 is 15.9 Å². The lowest BCUT2D eigenvalue weighted by Gasteiger charge is -2.08. The second-order valence-corrected chi connectivity index (χ2v) is 5.78. The third-order valence-corrected chi connectivity index (χ3v) is 3.75. The number of carbonyl (C=O) groups excluding carboxylic acids is 1. The van der Waals surface area contributed by atoms with Gasteiger partial charge in [-0.3, -0.25) is 9.59 Å². The highest BCUT2D eigenvalue weighted by atomic mass is 79.9. The molecule has 1 heterocycles. The van der Waals surface area contributed by atoms with Gasteiger partial charge in [-0.15, -0.1) is 0 Å². The van der Waals surface area contributed by atoms with Crippen LogP contribution in [0.3, 0.4) is 0 Å². The fraction of sp³-hybridized carbons (Fsp3) is 0.0625. The van der Waals surface area contributed by atoms with Crippen molar-refractivity contribution in [2.45, 2.75) is 6.54 Å². The Bertz CT molecular complexity index is 955. The fourth-order valence-electron chi connectivity index (χ4n) is 2.16. The summed E-state index contributed by atoms with van der Waals surface area (Å²) < 4.78 is 15.3. The van der Waals surface area contributed by atoms with Crippen molar-refractivity contribution in [1.82, 2.24) is 9.78 Å². The second kappa shape index (κ2) is 6.29. The summed E-state index contributed by atoms with van der Waals surface area (Å²) in [5.74, 6) is -1.09. The topological polar surface area (TPSA) is 64.0 Å². The van der Waals surface area contributed by atoms with Crippen LogP contribution in [0.1, 0.15) is 0 Å². The molecule has 116 valence electrons. The van der Waals surface area contributed by atoms with Crippen LogP contribution in [0.4, 0.5) is 10.1 Å². The third-order valence-electron chi connectivity index (χ3n) is 3.26. The molecule has 0 saturated carbocycles. The van der Waals surface area contributed by atoms with Gasteiger partial charge in [0.15, 0.2) is 0 Å². The Morgan fingerprint density at radius 3 is 2.83 bits per heavy atom. The molecule has 0 atom stereocenters. The Hall–Kier alpha value is -2.54. The van der Waals surface area contributed by atoms with Crippen molar-refractivity contribution in [3.8, 4) is 0 Å². The maximum Gasteiger partial charge on any atom is 0.275 e. The lowest BCUT2D eigenvalue weighted by Crippen LogP contribution is -2.29. The first-order valence-electron chi connectivity index (χ1n) is 6.74. The zero-order valence-corrected chi connectivity index (χ0v) is 13.4. The quantitative estimate of drug-likeness (QED) is 0.765. The van der Waals surface area contributed by atoms with Crippen LogP contribution in [0.15, 0.2) is 57.9 Å². The molecule has 0 aliphatic carbocycles. The van der Waals surface area contributed by atoms with Gasteiger partial charge in [0.1, 0.15) is 12.4 Å². The SMILES string of the molecule is O=C(Cn1ncc2ccccc2c1=O)Nc1ccc(Br)cc1F. The number of nitrogens with one attached hydrogen (secondary N) is 1. The number of carbonyl (C=O) groups is 1. The summed E-state index contributed by atoms with van der Waals surface area (Å²) in [6.45, 7) is -0.292. The summed E-state index contributed by atoms with van der Waals surface area (Å²) >= 11 is 3.14. The van der Waals surface area contributed by atoms with E-state index in [-0.39, 0.29) is 17.8 Å². The van der Waals surface area contributed by atoms with E-state index in [9.17, 15) is 14.0 Å². The highest BCUT2D eigenvalue weighted by Gasteiger charge is 2.11. The molecule has 3 rings (SSSR count). The van der Waals surface area contributed by atoms with Crippen LogP contribution in [0.5, 0.6) is 0 Å². The molecule has 7 heteroatoms. The van der Waals surface area contributed by atoms with E-state index in [1.54, 1.807) is 30.3 Å². The number of anilines is 1. The molecule has 1 amide bonds. The minimum Gasteiger partial charge on any atom is -0.322 e. The predicted molar refractivity (Wildman–Crippen MR) is 88.7 cm³/mol. The van der Waals surface area contributed by atoms with Gasteiger partial charge in [0, 0.05) is 9.86 Å². The molecule has 3 aromatic rings. The Labute approximate surface area is 138 Å². The van der Waals surface area contributed by atoms with Gasteiger partial charge in [-0.25, -0.2) is 9.07 Å². The number of benzene rings is 2. The highest BCUT2D eigenvalue weighted by molar-refractivity contribution is 9.10. The Kier molecular flexibility index (Phi) is 4.20. The molecule has 0 radical (unpaired) electrons. The lowest BCUT2D eigenvalue weighted by molar-refractivity contribution is -0.117. The standard InChI is InChI=1S/C16H11BrFN3O2/c17-11-5-6-14(13(18)7-11)20-15(22)9-21-16(23)12-4-2-1-3-10(12)8-19-21/h1-8H,9H2,(H,20,22). The Morgan fingerprint density at radius 1 is 1.26 bits per heavy atom. The zero-order chi connectivity index (χ0) is 16.4. The summed E-state index contributed by atoms with van der Waals surface area (Å²) in [6, 6.07) is 11.3. The second-order valence-electron chi connectivity index (χ2n) is 4.87. The van der Waals surface area contributed by atoms with E-state index in [1.807, 2.05) is 0 Å². The van der Waals surface area contributed by atoms with Crippen LogP contribution in [0.25, 0.3) is 10.8 Å². The van der Waals surface area contributed by atoms with Gasteiger partial charge >= 0.3 is 0 Å². The van der Waals surface area contributed by atoms with Crippen LogP contribution in [0.2, 0.25) is 0 Å². The number of hydrogen-bond donors (Lipinski definition) is 1. The van der Waals surface area contributed by atoms with E-state index >= 15 is 0 Å². The molecule has 1 N–H and O–H groups in total.